The van der Waals surface area contributed by atoms with Gasteiger partial charge in [-0.25, -0.2) is 9.18 Å². The average Bonchev–Trinajstić information content (AvgIpc) is 2.85. The van der Waals surface area contributed by atoms with Crippen molar-refractivity contribution >= 4 is 17.7 Å². The van der Waals surface area contributed by atoms with E-state index >= 15 is 4.39 Å². The number of primary amides is 1. The van der Waals surface area contributed by atoms with Gasteiger partial charge in [-0.05, 0) is 51.0 Å². The Labute approximate surface area is 216 Å². The predicted octanol–water partition coefficient (Wildman–Crippen LogP) is 4.59. The number of hydrogen-bond donors (Lipinski definition) is 2. The van der Waals surface area contributed by atoms with Crippen LogP contribution in [0.5, 0.6) is 0 Å². The third-order valence-electron chi connectivity index (χ3n) is 6.06. The molecule has 0 unspecified atom stereocenters. The van der Waals surface area contributed by atoms with Crippen LogP contribution in [-0.4, -0.2) is 57.8 Å². The number of carbonyl (C=O) groups is 2. The highest BCUT2D eigenvalue weighted by Gasteiger charge is 2.34. The van der Waals surface area contributed by atoms with Gasteiger partial charge in [-0.15, -0.1) is 0 Å². The number of alkyl halides is 1. The Morgan fingerprint density at radius 2 is 1.92 bits per heavy atom. The fourth-order valence-electron chi connectivity index (χ4n) is 4.21. The molecule has 4 rings (SSSR count). The van der Waals surface area contributed by atoms with Gasteiger partial charge in [0, 0.05) is 36.6 Å². The number of piperidine rings is 1. The molecule has 0 saturated carbocycles. The Morgan fingerprint density at radius 1 is 1.16 bits per heavy atom. The topological polar surface area (TPSA) is 110 Å². The standard InChI is InChI=1S/C28H32FN5O3/c1-28(2,3)37-27(36)34-13-11-24(22(29)17-34)33-25-15-20(32-16-21(25)26(30)35)14-18-7-9-19(10-8-18)23-6-4-5-12-31-23/h4-10,12,15-16,22,24H,11,13-14,17H2,1-3H3,(H2,30,35)(H,32,33)/t22-,24+/m0/s1. The van der Waals surface area contributed by atoms with E-state index in [0.29, 0.717) is 30.8 Å². The Bertz CT molecular complexity index is 1240. The summed E-state index contributed by atoms with van der Waals surface area (Å²) >= 11 is 0. The van der Waals surface area contributed by atoms with Gasteiger partial charge in [-0.1, -0.05) is 30.3 Å². The van der Waals surface area contributed by atoms with Crippen molar-refractivity contribution in [1.29, 1.82) is 0 Å². The molecule has 9 heteroatoms. The first-order valence-corrected chi connectivity index (χ1v) is 12.3. The van der Waals surface area contributed by atoms with Crippen LogP contribution >= 0.6 is 0 Å². The van der Waals surface area contributed by atoms with Crippen molar-refractivity contribution in [3.05, 3.63) is 77.7 Å². The summed E-state index contributed by atoms with van der Waals surface area (Å²) in [6, 6.07) is 14.9. The van der Waals surface area contributed by atoms with E-state index in [9.17, 15) is 9.59 Å². The molecule has 0 radical (unpaired) electrons. The predicted molar refractivity (Wildman–Crippen MR) is 140 cm³/mol. The van der Waals surface area contributed by atoms with Crippen LogP contribution < -0.4 is 11.1 Å². The van der Waals surface area contributed by atoms with E-state index in [2.05, 4.69) is 15.3 Å². The number of pyridine rings is 2. The molecule has 1 saturated heterocycles. The molecule has 1 aliphatic rings. The molecule has 37 heavy (non-hydrogen) atoms. The van der Waals surface area contributed by atoms with Gasteiger partial charge in [0.15, 0.2) is 0 Å². The monoisotopic (exact) mass is 505 g/mol. The third-order valence-corrected chi connectivity index (χ3v) is 6.06. The highest BCUT2D eigenvalue weighted by molar-refractivity contribution is 5.98. The number of carbonyl (C=O) groups excluding carboxylic acids is 2. The summed E-state index contributed by atoms with van der Waals surface area (Å²) in [6.07, 6.45) is 2.17. The zero-order chi connectivity index (χ0) is 26.6. The first-order chi connectivity index (χ1) is 17.6. The van der Waals surface area contributed by atoms with Gasteiger partial charge < -0.3 is 20.7 Å². The van der Waals surface area contributed by atoms with E-state index in [-0.39, 0.29) is 12.1 Å². The zero-order valence-electron chi connectivity index (χ0n) is 21.3. The van der Waals surface area contributed by atoms with Gasteiger partial charge in [0.1, 0.15) is 11.8 Å². The number of nitrogens with zero attached hydrogens (tertiary/aromatic N) is 3. The van der Waals surface area contributed by atoms with E-state index < -0.39 is 29.8 Å². The maximum Gasteiger partial charge on any atom is 0.410 e. The number of amides is 2. The molecule has 3 heterocycles. The number of rotatable bonds is 6. The molecule has 0 spiro atoms. The Balaban J connectivity index is 1.45. The van der Waals surface area contributed by atoms with Crippen molar-refractivity contribution in [3.63, 3.8) is 0 Å². The molecule has 194 valence electrons. The van der Waals surface area contributed by atoms with Crippen molar-refractivity contribution in [3.8, 4) is 11.3 Å². The SMILES string of the molecule is CC(C)(C)OC(=O)N1CC[C@@H](Nc2cc(Cc3ccc(-c4ccccn4)cc3)ncc2C(N)=O)[C@@H](F)C1. The van der Waals surface area contributed by atoms with E-state index in [4.69, 9.17) is 10.5 Å². The maximum absolute atomic E-state index is 15.1. The van der Waals surface area contributed by atoms with E-state index in [1.807, 2.05) is 42.5 Å². The van der Waals surface area contributed by atoms with Crippen LogP contribution in [0, 0.1) is 0 Å². The molecule has 2 amide bonds. The van der Waals surface area contributed by atoms with Crippen LogP contribution in [0.25, 0.3) is 11.3 Å². The second-order valence-electron chi connectivity index (χ2n) is 10.2. The van der Waals surface area contributed by atoms with Gasteiger partial charge in [0.25, 0.3) is 5.91 Å². The number of aromatic nitrogens is 2. The molecular weight excluding hydrogens is 473 g/mol. The molecule has 2 atom stereocenters. The molecule has 0 aliphatic carbocycles. The van der Waals surface area contributed by atoms with E-state index in [0.717, 1.165) is 16.8 Å². The Morgan fingerprint density at radius 3 is 2.54 bits per heavy atom. The van der Waals surface area contributed by atoms with Crippen LogP contribution in [0.3, 0.4) is 0 Å². The molecule has 3 N–H and O–H groups in total. The summed E-state index contributed by atoms with van der Waals surface area (Å²) in [7, 11) is 0. The Kier molecular flexibility index (Phi) is 7.71. The number of benzene rings is 1. The van der Waals surface area contributed by atoms with Crippen LogP contribution in [0.4, 0.5) is 14.9 Å². The molecule has 0 bridgehead atoms. The zero-order valence-corrected chi connectivity index (χ0v) is 21.3. The van der Waals surface area contributed by atoms with E-state index in [1.54, 1.807) is 33.0 Å². The molecular formula is C28H32FN5O3. The van der Waals surface area contributed by atoms with Gasteiger partial charge in [-0.3, -0.25) is 14.8 Å². The summed E-state index contributed by atoms with van der Waals surface area (Å²) in [5, 5.41) is 3.14. The molecule has 3 aromatic rings. The summed E-state index contributed by atoms with van der Waals surface area (Å²) in [4.78, 5) is 34.5. The first-order valence-electron chi connectivity index (χ1n) is 12.3. The minimum atomic E-state index is -1.35. The van der Waals surface area contributed by atoms with E-state index in [1.165, 1.54) is 11.1 Å². The number of hydrogen-bond acceptors (Lipinski definition) is 6. The van der Waals surface area contributed by atoms with Crippen LogP contribution in [-0.2, 0) is 11.2 Å². The van der Waals surface area contributed by atoms with Crippen LogP contribution in [0.1, 0.15) is 48.8 Å². The summed E-state index contributed by atoms with van der Waals surface area (Å²) < 4.78 is 20.4. The lowest BCUT2D eigenvalue weighted by Gasteiger charge is -2.36. The average molecular weight is 506 g/mol. The molecule has 2 aromatic heterocycles. The van der Waals surface area contributed by atoms with Crippen LogP contribution in [0.15, 0.2) is 60.9 Å². The minimum Gasteiger partial charge on any atom is -0.444 e. The van der Waals surface area contributed by atoms with Gasteiger partial charge in [-0.2, -0.15) is 0 Å². The van der Waals surface area contributed by atoms with Gasteiger partial charge >= 0.3 is 6.09 Å². The van der Waals surface area contributed by atoms with Crippen molar-refractivity contribution in [2.24, 2.45) is 5.73 Å². The lowest BCUT2D eigenvalue weighted by Crippen LogP contribution is -2.51. The number of nitrogens with one attached hydrogen (secondary N) is 1. The maximum atomic E-state index is 15.1. The lowest BCUT2D eigenvalue weighted by atomic mass is 10.0. The van der Waals surface area contributed by atoms with Crippen molar-refractivity contribution < 1.29 is 18.7 Å². The van der Waals surface area contributed by atoms with Crippen molar-refractivity contribution in [2.75, 3.05) is 18.4 Å². The lowest BCUT2D eigenvalue weighted by molar-refractivity contribution is 0.0125. The minimum absolute atomic E-state index is 0.0982. The first kappa shape index (κ1) is 26.1. The highest BCUT2D eigenvalue weighted by Crippen LogP contribution is 2.25. The third kappa shape index (κ3) is 6.81. The van der Waals surface area contributed by atoms with Crippen molar-refractivity contribution in [2.45, 2.75) is 51.4 Å². The quantitative estimate of drug-likeness (QED) is 0.507. The number of nitrogens with two attached hydrogens (primary N) is 1. The Hall–Kier alpha value is -4.01. The van der Waals surface area contributed by atoms with Gasteiger partial charge in [0.2, 0.25) is 0 Å². The van der Waals surface area contributed by atoms with Crippen LogP contribution in [0.2, 0.25) is 0 Å². The molecule has 1 fully saturated rings. The summed E-state index contributed by atoms with van der Waals surface area (Å²) in [5.41, 5.74) is 9.17. The largest absolute Gasteiger partial charge is 0.444 e. The number of ether oxygens (including phenoxy) is 1. The van der Waals surface area contributed by atoms with Crippen molar-refractivity contribution in [1.82, 2.24) is 14.9 Å². The molecule has 1 aliphatic heterocycles. The number of likely N-dealkylation sites (tertiary alicyclic amines) is 1. The fourth-order valence-corrected chi connectivity index (χ4v) is 4.21. The summed E-state index contributed by atoms with van der Waals surface area (Å²) in [6.45, 7) is 5.55. The molecule has 1 aromatic carbocycles. The summed E-state index contributed by atoms with van der Waals surface area (Å²) in [5.74, 6) is -0.650. The molecule has 8 nitrogen and oxygen atoms in total. The fraction of sp³-hybridized carbons (Fsp3) is 0.357. The smallest absolute Gasteiger partial charge is 0.410 e. The number of halogens is 1. The number of anilines is 1. The highest BCUT2D eigenvalue weighted by atomic mass is 19.1. The second kappa shape index (κ2) is 10.9. The van der Waals surface area contributed by atoms with Gasteiger partial charge in [0.05, 0.1) is 29.5 Å². The normalized spacial score (nSPS) is 17.8. The second-order valence-corrected chi connectivity index (χ2v) is 10.2.